The largest absolute Gasteiger partial charge is 0.384 e. The predicted octanol–water partition coefficient (Wildman–Crippen LogP) is 3.17. The molecule has 0 aliphatic carbocycles. The Balaban J connectivity index is 2.29. The van der Waals surface area contributed by atoms with Gasteiger partial charge in [0.05, 0.1) is 6.61 Å². The smallest absolute Gasteiger partial charge is 0.0556 e. The Morgan fingerprint density at radius 2 is 1.94 bits per heavy atom. The Labute approximate surface area is 109 Å². The van der Waals surface area contributed by atoms with Crippen LogP contribution in [0.3, 0.4) is 0 Å². The van der Waals surface area contributed by atoms with Crippen LogP contribution in [0, 0.1) is 5.92 Å². The van der Waals surface area contributed by atoms with E-state index in [2.05, 4.69) is 43.4 Å². The molecule has 1 rings (SSSR count). The normalized spacial score (nSPS) is 11.1. The molecular formula is C14H23NOS. The number of nitrogens with one attached hydrogen (secondary N) is 1. The van der Waals surface area contributed by atoms with E-state index in [1.807, 2.05) is 11.8 Å². The molecule has 0 unspecified atom stereocenters. The number of ether oxygens (including phenoxy) is 1. The van der Waals surface area contributed by atoms with Crippen molar-refractivity contribution >= 4 is 11.8 Å². The Hall–Kier alpha value is -0.510. The van der Waals surface area contributed by atoms with Crippen LogP contribution < -0.4 is 5.32 Å². The Kier molecular flexibility index (Phi) is 7.33. The molecular weight excluding hydrogens is 230 g/mol. The van der Waals surface area contributed by atoms with Crippen molar-refractivity contribution in [2.75, 3.05) is 26.0 Å². The van der Waals surface area contributed by atoms with Gasteiger partial charge in [-0.2, -0.15) is 0 Å². The summed E-state index contributed by atoms with van der Waals surface area (Å²) in [6, 6.07) is 8.77. The van der Waals surface area contributed by atoms with E-state index in [0.29, 0.717) is 5.92 Å². The average Bonchev–Trinajstić information content (AvgIpc) is 2.31. The van der Waals surface area contributed by atoms with Gasteiger partial charge >= 0.3 is 0 Å². The van der Waals surface area contributed by atoms with Gasteiger partial charge in [-0.05, 0) is 30.2 Å². The van der Waals surface area contributed by atoms with Crippen molar-refractivity contribution in [1.29, 1.82) is 0 Å². The predicted molar refractivity (Wildman–Crippen MR) is 75.6 cm³/mol. The maximum atomic E-state index is 5.03. The van der Waals surface area contributed by atoms with E-state index >= 15 is 0 Å². The number of hydrogen-bond donors (Lipinski definition) is 1. The molecule has 2 nitrogen and oxygen atoms in total. The molecule has 0 amide bonds. The van der Waals surface area contributed by atoms with Gasteiger partial charge in [0.2, 0.25) is 0 Å². The summed E-state index contributed by atoms with van der Waals surface area (Å²) < 4.78 is 5.03. The minimum absolute atomic E-state index is 0.707. The molecule has 0 atom stereocenters. The van der Waals surface area contributed by atoms with Crippen molar-refractivity contribution < 1.29 is 4.74 Å². The molecule has 96 valence electrons. The Bertz CT molecular complexity index is 298. The van der Waals surface area contributed by atoms with E-state index in [4.69, 9.17) is 4.74 Å². The van der Waals surface area contributed by atoms with Crippen molar-refractivity contribution in [3.63, 3.8) is 0 Å². The Morgan fingerprint density at radius 3 is 2.53 bits per heavy atom. The summed E-state index contributed by atoms with van der Waals surface area (Å²) >= 11 is 1.84. The van der Waals surface area contributed by atoms with Gasteiger partial charge in [-0.25, -0.2) is 0 Å². The zero-order valence-corrected chi connectivity index (χ0v) is 11.8. The monoisotopic (exact) mass is 253 g/mol. The second kappa shape index (κ2) is 8.56. The van der Waals surface area contributed by atoms with Crippen molar-refractivity contribution in [3.8, 4) is 0 Å². The molecule has 0 saturated heterocycles. The lowest BCUT2D eigenvalue weighted by atomic mass is 10.2. The molecule has 0 spiro atoms. The highest BCUT2D eigenvalue weighted by molar-refractivity contribution is 7.99. The van der Waals surface area contributed by atoms with Crippen molar-refractivity contribution in [1.82, 2.24) is 5.32 Å². The topological polar surface area (TPSA) is 21.3 Å². The number of benzene rings is 1. The molecule has 1 aromatic carbocycles. The fourth-order valence-electron chi connectivity index (χ4n) is 1.45. The first kappa shape index (κ1) is 14.6. The molecule has 3 heteroatoms. The van der Waals surface area contributed by atoms with Crippen molar-refractivity contribution in [3.05, 3.63) is 29.8 Å². The molecule has 0 saturated carbocycles. The molecule has 0 aliphatic heterocycles. The van der Waals surface area contributed by atoms with Gasteiger partial charge in [-0.1, -0.05) is 26.0 Å². The fraction of sp³-hybridized carbons (Fsp3) is 0.571. The van der Waals surface area contributed by atoms with Gasteiger partial charge < -0.3 is 10.1 Å². The van der Waals surface area contributed by atoms with Crippen LogP contribution in [0.15, 0.2) is 29.2 Å². The summed E-state index contributed by atoms with van der Waals surface area (Å²) in [5.41, 5.74) is 1.35. The van der Waals surface area contributed by atoms with Crippen LogP contribution in [0.5, 0.6) is 0 Å². The molecule has 1 aromatic rings. The fourth-order valence-corrected chi connectivity index (χ4v) is 2.27. The first-order chi connectivity index (χ1) is 8.22. The van der Waals surface area contributed by atoms with E-state index in [1.54, 1.807) is 7.11 Å². The van der Waals surface area contributed by atoms with Crippen LogP contribution >= 0.6 is 11.8 Å². The van der Waals surface area contributed by atoms with Crippen molar-refractivity contribution in [2.45, 2.75) is 25.3 Å². The highest BCUT2D eigenvalue weighted by atomic mass is 32.2. The third-order valence-electron chi connectivity index (χ3n) is 2.36. The van der Waals surface area contributed by atoms with Gasteiger partial charge in [0.15, 0.2) is 0 Å². The summed E-state index contributed by atoms with van der Waals surface area (Å²) in [6.45, 7) is 7.29. The average molecular weight is 253 g/mol. The zero-order valence-electron chi connectivity index (χ0n) is 11.0. The maximum Gasteiger partial charge on any atom is 0.0556 e. The minimum atomic E-state index is 0.707. The van der Waals surface area contributed by atoms with E-state index < -0.39 is 0 Å². The van der Waals surface area contributed by atoms with Gasteiger partial charge in [-0.15, -0.1) is 11.8 Å². The van der Waals surface area contributed by atoms with Crippen LogP contribution in [0.1, 0.15) is 19.4 Å². The van der Waals surface area contributed by atoms with Gasteiger partial charge in [0.1, 0.15) is 0 Å². The number of methoxy groups -OCH3 is 1. The molecule has 0 fully saturated rings. The van der Waals surface area contributed by atoms with Crippen LogP contribution in [-0.4, -0.2) is 26.0 Å². The van der Waals surface area contributed by atoms with E-state index in [1.165, 1.54) is 10.5 Å². The lowest BCUT2D eigenvalue weighted by Crippen LogP contribution is -2.18. The third kappa shape index (κ3) is 6.71. The Morgan fingerprint density at radius 1 is 1.24 bits per heavy atom. The summed E-state index contributed by atoms with van der Waals surface area (Å²) in [5.74, 6) is 1.72. The first-order valence-electron chi connectivity index (χ1n) is 6.13. The van der Waals surface area contributed by atoms with E-state index in [9.17, 15) is 0 Å². The third-order valence-corrected chi connectivity index (χ3v) is 3.34. The maximum absolute atomic E-state index is 5.03. The summed E-state index contributed by atoms with van der Waals surface area (Å²) in [6.07, 6.45) is 0. The van der Waals surface area contributed by atoms with Crippen LogP contribution in [-0.2, 0) is 11.3 Å². The minimum Gasteiger partial charge on any atom is -0.384 e. The quantitative estimate of drug-likeness (QED) is 0.568. The summed E-state index contributed by atoms with van der Waals surface area (Å²) in [4.78, 5) is 1.31. The molecule has 0 aromatic heterocycles. The molecule has 0 heterocycles. The molecule has 17 heavy (non-hydrogen) atoms. The van der Waals surface area contributed by atoms with Crippen LogP contribution in [0.4, 0.5) is 0 Å². The summed E-state index contributed by atoms with van der Waals surface area (Å²) in [7, 11) is 1.74. The lowest BCUT2D eigenvalue weighted by Gasteiger charge is -2.08. The van der Waals surface area contributed by atoms with Gasteiger partial charge in [0, 0.05) is 24.3 Å². The standard InChI is InChI=1S/C14H23NOS/c1-12(2)10-15-11-13-4-6-14(7-5-13)17-9-8-16-3/h4-7,12,15H,8-11H2,1-3H3. The summed E-state index contributed by atoms with van der Waals surface area (Å²) in [5, 5.41) is 3.45. The molecule has 0 radical (unpaired) electrons. The second-order valence-electron chi connectivity index (χ2n) is 4.51. The van der Waals surface area contributed by atoms with Crippen LogP contribution in [0.25, 0.3) is 0 Å². The van der Waals surface area contributed by atoms with Gasteiger partial charge in [-0.3, -0.25) is 0 Å². The zero-order chi connectivity index (χ0) is 12.5. The van der Waals surface area contributed by atoms with E-state index in [0.717, 1.165) is 25.4 Å². The highest BCUT2D eigenvalue weighted by Gasteiger charge is 1.97. The number of thioether (sulfide) groups is 1. The SMILES string of the molecule is COCCSc1ccc(CNCC(C)C)cc1. The van der Waals surface area contributed by atoms with Crippen molar-refractivity contribution in [2.24, 2.45) is 5.92 Å². The lowest BCUT2D eigenvalue weighted by molar-refractivity contribution is 0.218. The molecule has 1 N–H and O–H groups in total. The number of hydrogen-bond acceptors (Lipinski definition) is 3. The number of rotatable bonds is 8. The molecule has 0 bridgehead atoms. The highest BCUT2D eigenvalue weighted by Crippen LogP contribution is 2.18. The van der Waals surface area contributed by atoms with Gasteiger partial charge in [0.25, 0.3) is 0 Å². The van der Waals surface area contributed by atoms with E-state index in [-0.39, 0.29) is 0 Å². The molecule has 0 aliphatic rings. The second-order valence-corrected chi connectivity index (χ2v) is 5.68. The first-order valence-corrected chi connectivity index (χ1v) is 7.12. The van der Waals surface area contributed by atoms with Crippen LogP contribution in [0.2, 0.25) is 0 Å².